The Kier molecular flexibility index (Phi) is 5.17. The van der Waals surface area contributed by atoms with Crippen molar-refractivity contribution < 1.29 is 23.1 Å². The van der Waals surface area contributed by atoms with E-state index in [0.29, 0.717) is 11.4 Å². The molecule has 0 aliphatic carbocycles. The van der Waals surface area contributed by atoms with Gasteiger partial charge in [-0.2, -0.15) is 18.2 Å². The molecule has 2 heterocycles. The van der Waals surface area contributed by atoms with Gasteiger partial charge in [-0.3, -0.25) is 4.98 Å². The van der Waals surface area contributed by atoms with E-state index < -0.39 is 24.2 Å². The topological polar surface area (TPSA) is 77.8 Å². The number of alkyl halides is 3. The maximum absolute atomic E-state index is 13.1. The Bertz CT molecular complexity index is 634. The number of halogens is 3. The van der Waals surface area contributed by atoms with Gasteiger partial charge in [-0.25, -0.2) is 4.79 Å². The number of rotatable bonds is 3. The van der Waals surface area contributed by atoms with Gasteiger partial charge in [-0.1, -0.05) is 0 Å². The summed E-state index contributed by atoms with van der Waals surface area (Å²) in [6, 6.07) is 0.674. The number of amides is 1. The Labute approximate surface area is 135 Å². The summed E-state index contributed by atoms with van der Waals surface area (Å²) in [7, 11) is 0. The van der Waals surface area contributed by atoms with Gasteiger partial charge in [0.05, 0.1) is 29.0 Å². The predicted octanol–water partition coefficient (Wildman–Crippen LogP) is 2.84. The first-order valence-electron chi connectivity index (χ1n) is 6.64. The summed E-state index contributed by atoms with van der Waals surface area (Å²) in [5.41, 5.74) is 0.697. The highest BCUT2D eigenvalue weighted by Crippen LogP contribution is 2.37. The van der Waals surface area contributed by atoms with Gasteiger partial charge in [-0.15, -0.1) is 0 Å². The molecule has 1 aliphatic heterocycles. The normalized spacial score (nSPS) is 21.4. The van der Waals surface area contributed by atoms with E-state index in [0.717, 1.165) is 0 Å². The Morgan fingerprint density at radius 2 is 2.26 bits per heavy atom. The number of anilines is 1. The third-order valence-corrected chi connectivity index (χ3v) is 3.62. The zero-order valence-electron chi connectivity index (χ0n) is 11.7. The van der Waals surface area contributed by atoms with Crippen molar-refractivity contribution in [3.8, 4) is 0 Å². The molecule has 0 bridgehead atoms. The second-order valence-electron chi connectivity index (χ2n) is 5.09. The number of hydrogen-bond donors (Lipinski definition) is 2. The Balaban J connectivity index is 2.32. The van der Waals surface area contributed by atoms with Crippen LogP contribution in [0.1, 0.15) is 6.42 Å². The Hall–Kier alpha value is -2.19. The van der Waals surface area contributed by atoms with E-state index in [1.165, 1.54) is 23.4 Å². The molecule has 0 saturated carbocycles. The summed E-state index contributed by atoms with van der Waals surface area (Å²) < 4.78 is 39.4. The second kappa shape index (κ2) is 6.93. The lowest BCUT2D eigenvalue weighted by Gasteiger charge is -2.39. The average Bonchev–Trinajstić information content (AvgIpc) is 2.46. The number of aliphatic imine (C=N–C) groups is 1. The number of carboxylic acid groups (broad SMARTS) is 1. The van der Waals surface area contributed by atoms with E-state index in [1.807, 2.05) is 0 Å². The Morgan fingerprint density at radius 1 is 1.52 bits per heavy atom. The number of nitrogens with one attached hydrogen (secondary N) is 1. The van der Waals surface area contributed by atoms with Crippen molar-refractivity contribution in [2.75, 3.05) is 18.0 Å². The lowest BCUT2D eigenvalue weighted by atomic mass is 9.93. The lowest BCUT2D eigenvalue weighted by Crippen LogP contribution is -2.53. The Morgan fingerprint density at radius 3 is 2.87 bits per heavy atom. The number of carbonyl (C=O) groups is 1. The fourth-order valence-electron chi connectivity index (χ4n) is 2.59. The van der Waals surface area contributed by atoms with E-state index in [1.54, 1.807) is 0 Å². The van der Waals surface area contributed by atoms with Gasteiger partial charge in [0.25, 0.3) is 0 Å². The van der Waals surface area contributed by atoms with Gasteiger partial charge in [0, 0.05) is 19.3 Å². The zero-order chi connectivity index (χ0) is 17.0. The smallest absolute Gasteiger partial charge is 0.404 e. The highest BCUT2D eigenvalue weighted by atomic mass is 32.1. The van der Waals surface area contributed by atoms with E-state index in [4.69, 9.17) is 5.11 Å². The van der Waals surface area contributed by atoms with Crippen LogP contribution in [0.5, 0.6) is 0 Å². The molecule has 1 aromatic rings. The molecule has 1 aromatic heterocycles. The predicted molar refractivity (Wildman–Crippen MR) is 80.2 cm³/mol. The minimum absolute atomic E-state index is 0.100. The van der Waals surface area contributed by atoms with Crippen LogP contribution >= 0.6 is 12.2 Å². The van der Waals surface area contributed by atoms with Gasteiger partial charge in [-0.05, 0) is 24.7 Å². The van der Waals surface area contributed by atoms with Crippen LogP contribution in [0.15, 0.2) is 23.5 Å². The maximum Gasteiger partial charge on any atom is 0.404 e. The first-order valence-corrected chi connectivity index (χ1v) is 7.05. The van der Waals surface area contributed by atoms with Crippen LogP contribution in [0, 0.1) is 5.92 Å². The number of nitrogens with zero attached hydrogens (tertiary/aromatic N) is 3. The highest BCUT2D eigenvalue weighted by Gasteiger charge is 2.45. The largest absolute Gasteiger partial charge is 0.465 e. The summed E-state index contributed by atoms with van der Waals surface area (Å²) in [5.74, 6) is -1.65. The fourth-order valence-corrected chi connectivity index (χ4v) is 2.69. The van der Waals surface area contributed by atoms with Crippen molar-refractivity contribution in [2.24, 2.45) is 10.9 Å². The molecule has 1 fully saturated rings. The highest BCUT2D eigenvalue weighted by molar-refractivity contribution is 7.78. The van der Waals surface area contributed by atoms with Crippen LogP contribution in [0.3, 0.4) is 0 Å². The molecule has 2 rings (SSSR count). The van der Waals surface area contributed by atoms with E-state index >= 15 is 0 Å². The molecule has 23 heavy (non-hydrogen) atoms. The van der Waals surface area contributed by atoms with Crippen LogP contribution in [-0.4, -0.2) is 46.7 Å². The van der Waals surface area contributed by atoms with Gasteiger partial charge >= 0.3 is 12.3 Å². The minimum Gasteiger partial charge on any atom is -0.465 e. The van der Waals surface area contributed by atoms with Gasteiger partial charge in [0.2, 0.25) is 0 Å². The number of aromatic nitrogens is 1. The van der Waals surface area contributed by atoms with Crippen LogP contribution < -0.4 is 10.2 Å². The third kappa shape index (κ3) is 4.40. The van der Waals surface area contributed by atoms with E-state index in [2.05, 4.69) is 32.7 Å². The number of thiocarbonyl (C=S) groups is 1. The standard InChI is InChI=1S/C13H13F3N4O2S/c14-13(15,16)8-3-9(19-12(21)22)6-20(5-8)11-1-2-17-4-10(11)18-7-23/h1-2,4,8-9,19H,3,5-6H2,(H,21,22). The summed E-state index contributed by atoms with van der Waals surface area (Å²) in [6.45, 7) is -0.186. The van der Waals surface area contributed by atoms with Crippen molar-refractivity contribution in [2.45, 2.75) is 18.6 Å². The second-order valence-corrected chi connectivity index (χ2v) is 5.28. The van der Waals surface area contributed by atoms with Crippen molar-refractivity contribution >= 4 is 34.8 Å². The number of isothiocyanates is 1. The molecule has 1 aliphatic rings. The van der Waals surface area contributed by atoms with Crippen molar-refractivity contribution in [1.29, 1.82) is 0 Å². The SMILES string of the molecule is O=C(O)NC1CC(C(F)(F)F)CN(c2ccncc2N=C=S)C1. The van der Waals surface area contributed by atoms with E-state index in [-0.39, 0.29) is 19.5 Å². The summed E-state index contributed by atoms with van der Waals surface area (Å²) in [6.07, 6.45) is -3.29. The number of pyridine rings is 1. The molecule has 0 aromatic carbocycles. The minimum atomic E-state index is -4.42. The maximum atomic E-state index is 13.1. The van der Waals surface area contributed by atoms with Gasteiger partial charge in [0.15, 0.2) is 0 Å². The summed E-state index contributed by atoms with van der Waals surface area (Å²) in [4.78, 5) is 19.9. The van der Waals surface area contributed by atoms with Crippen molar-refractivity contribution in [1.82, 2.24) is 10.3 Å². The first-order chi connectivity index (χ1) is 10.8. The molecule has 1 saturated heterocycles. The molecular formula is C13H13F3N4O2S. The number of piperidine rings is 1. The first kappa shape index (κ1) is 17.2. The fraction of sp³-hybridized carbons (Fsp3) is 0.462. The summed E-state index contributed by atoms with van der Waals surface area (Å²) >= 11 is 4.52. The molecule has 2 N–H and O–H groups in total. The van der Waals surface area contributed by atoms with Crippen molar-refractivity contribution in [3.63, 3.8) is 0 Å². The molecule has 6 nitrogen and oxygen atoms in total. The quantitative estimate of drug-likeness (QED) is 0.650. The van der Waals surface area contributed by atoms with Crippen molar-refractivity contribution in [3.05, 3.63) is 18.5 Å². The number of hydrogen-bond acceptors (Lipinski definition) is 5. The van der Waals surface area contributed by atoms with Crippen LogP contribution in [0.25, 0.3) is 0 Å². The molecule has 124 valence electrons. The van der Waals surface area contributed by atoms with Crippen LogP contribution in [0.2, 0.25) is 0 Å². The molecule has 0 spiro atoms. The molecule has 0 radical (unpaired) electrons. The van der Waals surface area contributed by atoms with Crippen LogP contribution in [-0.2, 0) is 0 Å². The molecular weight excluding hydrogens is 333 g/mol. The molecule has 2 unspecified atom stereocenters. The molecule has 1 amide bonds. The van der Waals surface area contributed by atoms with Gasteiger partial charge < -0.3 is 15.3 Å². The average molecular weight is 346 g/mol. The third-order valence-electron chi connectivity index (χ3n) is 3.53. The van der Waals surface area contributed by atoms with Gasteiger partial charge in [0.1, 0.15) is 5.69 Å². The summed E-state index contributed by atoms with van der Waals surface area (Å²) in [5, 5.41) is 13.1. The molecule has 2 atom stereocenters. The zero-order valence-corrected chi connectivity index (χ0v) is 12.6. The van der Waals surface area contributed by atoms with Crippen LogP contribution in [0.4, 0.5) is 29.3 Å². The molecule has 10 heteroatoms. The van der Waals surface area contributed by atoms with E-state index in [9.17, 15) is 18.0 Å². The lowest BCUT2D eigenvalue weighted by molar-refractivity contribution is -0.177. The monoisotopic (exact) mass is 346 g/mol.